The predicted octanol–water partition coefficient (Wildman–Crippen LogP) is 3.60. The third-order valence-corrected chi connectivity index (χ3v) is 3.87. The van der Waals surface area contributed by atoms with Crippen LogP contribution in [-0.4, -0.2) is 24.6 Å². The number of nitrogens with zero attached hydrogens (tertiary/aromatic N) is 2. The van der Waals surface area contributed by atoms with Crippen molar-refractivity contribution in [3.63, 3.8) is 0 Å². The molecule has 1 N–H and O–H groups in total. The normalized spacial score (nSPS) is 17.1. The van der Waals surface area contributed by atoms with E-state index < -0.39 is 0 Å². The highest BCUT2D eigenvalue weighted by Gasteiger charge is 2.09. The van der Waals surface area contributed by atoms with E-state index in [-0.39, 0.29) is 0 Å². The lowest BCUT2D eigenvalue weighted by molar-refractivity contribution is 0.549. The number of anilines is 1. The minimum atomic E-state index is 0.697. The summed E-state index contributed by atoms with van der Waals surface area (Å²) in [5.41, 5.74) is 1.28. The summed E-state index contributed by atoms with van der Waals surface area (Å²) in [5, 5.41) is 3.46. The second-order valence-corrected chi connectivity index (χ2v) is 6.30. The van der Waals surface area contributed by atoms with Crippen LogP contribution in [0.5, 0.6) is 0 Å². The van der Waals surface area contributed by atoms with Crippen molar-refractivity contribution in [2.45, 2.75) is 52.5 Å². The Hall–Kier alpha value is -1.09. The number of pyridine rings is 1. The molecule has 1 saturated heterocycles. The van der Waals surface area contributed by atoms with Gasteiger partial charge in [-0.1, -0.05) is 39.2 Å². The van der Waals surface area contributed by atoms with Gasteiger partial charge in [0, 0.05) is 25.8 Å². The van der Waals surface area contributed by atoms with Gasteiger partial charge in [-0.05, 0) is 36.9 Å². The van der Waals surface area contributed by atoms with Gasteiger partial charge in [-0.25, -0.2) is 4.98 Å². The average molecular weight is 275 g/mol. The molecule has 3 nitrogen and oxygen atoms in total. The fraction of sp³-hybridized carbons (Fsp3) is 0.706. The van der Waals surface area contributed by atoms with Crippen LogP contribution in [0, 0.1) is 5.92 Å². The largest absolute Gasteiger partial charge is 0.357 e. The highest BCUT2D eigenvalue weighted by molar-refractivity contribution is 5.39. The van der Waals surface area contributed by atoms with Crippen LogP contribution < -0.4 is 10.2 Å². The fourth-order valence-electron chi connectivity index (χ4n) is 2.69. The van der Waals surface area contributed by atoms with E-state index in [1.165, 1.54) is 37.7 Å². The van der Waals surface area contributed by atoms with Crippen molar-refractivity contribution in [1.82, 2.24) is 10.3 Å². The van der Waals surface area contributed by atoms with Crippen LogP contribution in [0.25, 0.3) is 0 Å². The van der Waals surface area contributed by atoms with E-state index in [1.807, 2.05) is 6.20 Å². The highest BCUT2D eigenvalue weighted by atomic mass is 15.2. The third-order valence-electron chi connectivity index (χ3n) is 3.87. The first kappa shape index (κ1) is 15.3. The van der Waals surface area contributed by atoms with Crippen molar-refractivity contribution in [3.8, 4) is 0 Å². The highest BCUT2D eigenvalue weighted by Crippen LogP contribution is 2.17. The van der Waals surface area contributed by atoms with Gasteiger partial charge in [-0.15, -0.1) is 0 Å². The summed E-state index contributed by atoms with van der Waals surface area (Å²) in [5.74, 6) is 1.85. The van der Waals surface area contributed by atoms with Crippen LogP contribution >= 0.6 is 0 Å². The molecule has 0 saturated carbocycles. The second kappa shape index (κ2) is 8.25. The smallest absolute Gasteiger partial charge is 0.128 e. The van der Waals surface area contributed by atoms with Gasteiger partial charge in [0.25, 0.3) is 0 Å². The molecular weight excluding hydrogens is 246 g/mol. The zero-order valence-electron chi connectivity index (χ0n) is 13.1. The van der Waals surface area contributed by atoms with E-state index in [1.54, 1.807) is 0 Å². The van der Waals surface area contributed by atoms with Gasteiger partial charge < -0.3 is 10.2 Å². The summed E-state index contributed by atoms with van der Waals surface area (Å²) >= 11 is 0. The number of nitrogens with one attached hydrogen (secondary N) is 1. The molecule has 1 aromatic heterocycles. The summed E-state index contributed by atoms with van der Waals surface area (Å²) in [6.07, 6.45) is 8.78. The fourth-order valence-corrected chi connectivity index (χ4v) is 2.69. The first-order valence-corrected chi connectivity index (χ1v) is 8.16. The van der Waals surface area contributed by atoms with Gasteiger partial charge in [-0.2, -0.15) is 0 Å². The third kappa shape index (κ3) is 5.12. The molecule has 0 bridgehead atoms. The second-order valence-electron chi connectivity index (χ2n) is 6.30. The van der Waals surface area contributed by atoms with Gasteiger partial charge in [0.1, 0.15) is 5.82 Å². The van der Waals surface area contributed by atoms with Crippen LogP contribution in [0.4, 0.5) is 5.82 Å². The zero-order valence-corrected chi connectivity index (χ0v) is 13.1. The molecule has 1 fully saturated rings. The van der Waals surface area contributed by atoms with Crippen molar-refractivity contribution in [1.29, 1.82) is 0 Å². The topological polar surface area (TPSA) is 28.2 Å². The summed E-state index contributed by atoms with van der Waals surface area (Å²) in [6.45, 7) is 8.78. The number of aromatic nitrogens is 1. The molecule has 20 heavy (non-hydrogen) atoms. The molecule has 1 aliphatic heterocycles. The molecule has 0 aromatic carbocycles. The Bertz CT molecular complexity index is 364. The molecule has 1 aromatic rings. The molecule has 0 atom stereocenters. The van der Waals surface area contributed by atoms with Gasteiger partial charge in [0.05, 0.1) is 0 Å². The lowest BCUT2D eigenvalue weighted by Gasteiger charge is -2.25. The Kier molecular flexibility index (Phi) is 6.31. The minimum Gasteiger partial charge on any atom is -0.357 e. The Morgan fingerprint density at radius 3 is 2.40 bits per heavy atom. The van der Waals surface area contributed by atoms with Crippen LogP contribution in [-0.2, 0) is 6.54 Å². The molecule has 2 heterocycles. The summed E-state index contributed by atoms with van der Waals surface area (Å²) in [4.78, 5) is 7.11. The van der Waals surface area contributed by atoms with Gasteiger partial charge >= 0.3 is 0 Å². The van der Waals surface area contributed by atoms with Crippen molar-refractivity contribution < 1.29 is 0 Å². The lowest BCUT2D eigenvalue weighted by Crippen LogP contribution is -2.27. The summed E-state index contributed by atoms with van der Waals surface area (Å²) in [7, 11) is 0. The van der Waals surface area contributed by atoms with Crippen LogP contribution in [0.3, 0.4) is 0 Å². The maximum absolute atomic E-state index is 4.66. The molecular formula is C17H29N3. The van der Waals surface area contributed by atoms with Crippen LogP contribution in [0.2, 0.25) is 0 Å². The molecule has 0 spiro atoms. The van der Waals surface area contributed by atoms with Crippen LogP contribution in [0.15, 0.2) is 18.3 Å². The molecule has 0 aliphatic carbocycles. The van der Waals surface area contributed by atoms with Crippen molar-refractivity contribution in [2.24, 2.45) is 5.92 Å². The Labute approximate surface area is 123 Å². The predicted molar refractivity (Wildman–Crippen MR) is 86.1 cm³/mol. The average Bonchev–Trinajstić information content (AvgIpc) is 2.39. The van der Waals surface area contributed by atoms with E-state index >= 15 is 0 Å². The van der Waals surface area contributed by atoms with E-state index in [9.17, 15) is 0 Å². The summed E-state index contributed by atoms with van der Waals surface area (Å²) < 4.78 is 0. The SMILES string of the molecule is CC(C)CNCc1ccc(N2CCCCCCC2)nc1. The van der Waals surface area contributed by atoms with Crippen molar-refractivity contribution >= 4 is 5.82 Å². The van der Waals surface area contributed by atoms with E-state index in [4.69, 9.17) is 0 Å². The van der Waals surface area contributed by atoms with E-state index in [2.05, 4.69) is 41.2 Å². The Balaban J connectivity index is 1.86. The molecule has 2 rings (SSSR count). The van der Waals surface area contributed by atoms with Crippen molar-refractivity contribution in [3.05, 3.63) is 23.9 Å². The number of hydrogen-bond acceptors (Lipinski definition) is 3. The Morgan fingerprint density at radius 1 is 1.10 bits per heavy atom. The molecule has 1 aliphatic rings. The number of hydrogen-bond donors (Lipinski definition) is 1. The molecule has 112 valence electrons. The maximum Gasteiger partial charge on any atom is 0.128 e. The summed E-state index contributed by atoms with van der Waals surface area (Å²) in [6, 6.07) is 4.41. The van der Waals surface area contributed by atoms with E-state index in [0.717, 1.165) is 32.0 Å². The Morgan fingerprint density at radius 2 is 1.80 bits per heavy atom. The van der Waals surface area contributed by atoms with Crippen LogP contribution in [0.1, 0.15) is 51.5 Å². The van der Waals surface area contributed by atoms with Crippen molar-refractivity contribution in [2.75, 3.05) is 24.5 Å². The first-order chi connectivity index (χ1) is 9.75. The molecule has 0 amide bonds. The van der Waals surface area contributed by atoms with Gasteiger partial charge in [0.2, 0.25) is 0 Å². The van der Waals surface area contributed by atoms with E-state index in [0.29, 0.717) is 5.92 Å². The minimum absolute atomic E-state index is 0.697. The van der Waals surface area contributed by atoms with Gasteiger partial charge in [0.15, 0.2) is 0 Å². The molecule has 0 radical (unpaired) electrons. The lowest BCUT2D eigenvalue weighted by atomic mass is 10.1. The quantitative estimate of drug-likeness (QED) is 0.890. The molecule has 3 heteroatoms. The zero-order chi connectivity index (χ0) is 14.2. The standard InChI is InChI=1S/C17H29N3/c1-15(2)12-18-13-16-8-9-17(19-14-16)20-10-6-4-3-5-7-11-20/h8-9,14-15,18H,3-7,10-13H2,1-2H3. The first-order valence-electron chi connectivity index (χ1n) is 8.16. The number of rotatable bonds is 5. The monoisotopic (exact) mass is 275 g/mol. The molecule has 0 unspecified atom stereocenters. The maximum atomic E-state index is 4.66. The van der Waals surface area contributed by atoms with Gasteiger partial charge in [-0.3, -0.25) is 0 Å².